The van der Waals surface area contributed by atoms with Gasteiger partial charge in [-0.05, 0) is 50.3 Å². The molecule has 142 valence electrons. The van der Waals surface area contributed by atoms with E-state index in [1.807, 2.05) is 22.9 Å². The van der Waals surface area contributed by atoms with Crippen LogP contribution in [0.1, 0.15) is 49.8 Å². The molecule has 1 aliphatic carbocycles. The third-order valence-corrected chi connectivity index (χ3v) is 4.86. The monoisotopic (exact) mass is 467 g/mol. The molecule has 0 atom stereocenters. The number of hydrogen-bond acceptors (Lipinski definition) is 2. The van der Waals surface area contributed by atoms with Gasteiger partial charge in [-0.2, -0.15) is 5.10 Å². The maximum Gasteiger partial charge on any atom is 0.188 e. The fourth-order valence-corrected chi connectivity index (χ4v) is 3.42. The Morgan fingerprint density at radius 1 is 1.23 bits per heavy atom. The summed E-state index contributed by atoms with van der Waals surface area (Å²) in [5.41, 5.74) is 9.47. The van der Waals surface area contributed by atoms with Gasteiger partial charge in [0, 0.05) is 18.8 Å². The molecule has 6 heteroatoms. The maximum absolute atomic E-state index is 6.02. The zero-order valence-corrected chi connectivity index (χ0v) is 17.9. The summed E-state index contributed by atoms with van der Waals surface area (Å²) in [4.78, 5) is 4.48. The van der Waals surface area contributed by atoms with Crippen molar-refractivity contribution in [3.63, 3.8) is 0 Å². The smallest absolute Gasteiger partial charge is 0.188 e. The Labute approximate surface area is 173 Å². The highest BCUT2D eigenvalue weighted by Gasteiger charge is 2.13. The van der Waals surface area contributed by atoms with Gasteiger partial charge in [-0.3, -0.25) is 4.99 Å². The van der Waals surface area contributed by atoms with Gasteiger partial charge in [-0.15, -0.1) is 24.0 Å². The first-order valence-electron chi connectivity index (χ1n) is 9.39. The van der Waals surface area contributed by atoms with E-state index in [2.05, 4.69) is 40.7 Å². The summed E-state index contributed by atoms with van der Waals surface area (Å²) in [6.45, 7) is 2.82. The molecule has 1 aromatic heterocycles. The van der Waals surface area contributed by atoms with Crippen molar-refractivity contribution in [1.82, 2.24) is 15.1 Å². The average Bonchev–Trinajstić information content (AvgIpc) is 3.01. The number of hydrogen-bond donors (Lipinski definition) is 2. The number of benzene rings is 1. The van der Waals surface area contributed by atoms with Crippen molar-refractivity contribution < 1.29 is 0 Å². The summed E-state index contributed by atoms with van der Waals surface area (Å²) in [5.74, 6) is 0.601. The topological polar surface area (TPSA) is 68.2 Å². The molecule has 3 N–H and O–H groups in total. The number of nitrogens with zero attached hydrogens (tertiary/aromatic N) is 3. The first-order chi connectivity index (χ1) is 12.2. The van der Waals surface area contributed by atoms with Crippen LogP contribution >= 0.6 is 24.0 Å². The normalized spacial score (nSPS) is 15.5. The molecule has 2 aromatic rings. The molecule has 0 bridgehead atoms. The van der Waals surface area contributed by atoms with Crippen LogP contribution < -0.4 is 11.1 Å². The minimum atomic E-state index is 0. The number of aromatic nitrogens is 2. The van der Waals surface area contributed by atoms with Crippen molar-refractivity contribution in [1.29, 1.82) is 0 Å². The van der Waals surface area contributed by atoms with E-state index in [1.54, 1.807) is 0 Å². The highest BCUT2D eigenvalue weighted by molar-refractivity contribution is 14.0. The largest absolute Gasteiger partial charge is 0.370 e. The van der Waals surface area contributed by atoms with Crippen LogP contribution in [0, 0.1) is 6.92 Å². The van der Waals surface area contributed by atoms with Gasteiger partial charge in [-0.25, -0.2) is 4.68 Å². The number of halogens is 1. The van der Waals surface area contributed by atoms with E-state index < -0.39 is 0 Å². The van der Waals surface area contributed by atoms with Crippen LogP contribution in [0.2, 0.25) is 0 Å². The van der Waals surface area contributed by atoms with Crippen molar-refractivity contribution in [2.45, 2.75) is 57.9 Å². The van der Waals surface area contributed by atoms with Crippen molar-refractivity contribution in [2.75, 3.05) is 6.54 Å². The summed E-state index contributed by atoms with van der Waals surface area (Å²) in [7, 11) is 0. The van der Waals surface area contributed by atoms with E-state index in [0.717, 1.165) is 30.8 Å². The van der Waals surface area contributed by atoms with E-state index in [-0.39, 0.29) is 24.0 Å². The zero-order chi connectivity index (χ0) is 17.5. The van der Waals surface area contributed by atoms with Gasteiger partial charge in [0.2, 0.25) is 0 Å². The lowest BCUT2D eigenvalue weighted by atomic mass is 9.96. The highest BCUT2D eigenvalue weighted by atomic mass is 127. The highest BCUT2D eigenvalue weighted by Crippen LogP contribution is 2.17. The fourth-order valence-electron chi connectivity index (χ4n) is 3.42. The molecule has 5 nitrogen and oxygen atoms in total. The Balaban J connectivity index is 0.00000243. The van der Waals surface area contributed by atoms with Gasteiger partial charge in [-0.1, -0.05) is 37.5 Å². The molecule has 0 unspecified atom stereocenters. The summed E-state index contributed by atoms with van der Waals surface area (Å²) >= 11 is 0. The van der Waals surface area contributed by atoms with Crippen LogP contribution in [-0.4, -0.2) is 28.3 Å². The first-order valence-corrected chi connectivity index (χ1v) is 9.39. The lowest BCUT2D eigenvalue weighted by Crippen LogP contribution is -2.41. The molecule has 0 aliphatic heterocycles. The van der Waals surface area contributed by atoms with Crippen LogP contribution in [0.4, 0.5) is 0 Å². The van der Waals surface area contributed by atoms with E-state index in [0.29, 0.717) is 12.0 Å². The van der Waals surface area contributed by atoms with Gasteiger partial charge in [0.05, 0.1) is 11.4 Å². The van der Waals surface area contributed by atoms with Crippen LogP contribution in [-0.2, 0) is 6.42 Å². The molecule has 26 heavy (non-hydrogen) atoms. The molecule has 0 radical (unpaired) electrons. The van der Waals surface area contributed by atoms with E-state index >= 15 is 0 Å². The van der Waals surface area contributed by atoms with Crippen molar-refractivity contribution in [2.24, 2.45) is 10.7 Å². The fraction of sp³-hybridized carbons (Fsp3) is 0.500. The van der Waals surface area contributed by atoms with Crippen LogP contribution in [0.3, 0.4) is 0 Å². The SMILES string of the molecule is Cc1nn(-c2ccccc2)cc1CCCN=C(N)NC1CCCCC1.I. The average molecular weight is 467 g/mol. The molecular weight excluding hydrogens is 437 g/mol. The second kappa shape index (κ2) is 10.5. The Morgan fingerprint density at radius 2 is 1.96 bits per heavy atom. The van der Waals surface area contributed by atoms with E-state index in [4.69, 9.17) is 5.73 Å². The van der Waals surface area contributed by atoms with Gasteiger partial charge in [0.25, 0.3) is 0 Å². The first kappa shape index (κ1) is 20.7. The maximum atomic E-state index is 6.02. The predicted molar refractivity (Wildman–Crippen MR) is 119 cm³/mol. The third kappa shape index (κ3) is 6.00. The lowest BCUT2D eigenvalue weighted by molar-refractivity contribution is 0.412. The summed E-state index contributed by atoms with van der Waals surface area (Å²) < 4.78 is 1.95. The molecule has 0 amide bonds. The minimum absolute atomic E-state index is 0. The van der Waals surface area contributed by atoms with Crippen LogP contribution in [0.15, 0.2) is 41.5 Å². The van der Waals surface area contributed by atoms with Gasteiger partial charge >= 0.3 is 0 Å². The molecule has 1 aromatic carbocycles. The standard InChI is InChI=1S/C20H29N5.HI/c1-16-17(15-25(24-16)19-12-6-3-7-13-19)9-8-14-22-20(21)23-18-10-4-2-5-11-18;/h3,6-7,12-13,15,18H,2,4-5,8-11,14H2,1H3,(H3,21,22,23);1H. The molecular formula is C20H30IN5. The predicted octanol–water partition coefficient (Wildman–Crippen LogP) is 3.97. The Bertz CT molecular complexity index is 689. The summed E-state index contributed by atoms with van der Waals surface area (Å²) in [6.07, 6.45) is 10.5. The number of rotatable bonds is 6. The third-order valence-electron chi connectivity index (χ3n) is 4.86. The van der Waals surface area contributed by atoms with Gasteiger partial charge < -0.3 is 11.1 Å². The zero-order valence-electron chi connectivity index (χ0n) is 15.5. The molecule has 1 fully saturated rings. The quantitative estimate of drug-likeness (QED) is 0.293. The molecule has 3 rings (SSSR count). The van der Waals surface area contributed by atoms with Crippen LogP contribution in [0.5, 0.6) is 0 Å². The molecule has 1 heterocycles. The summed E-state index contributed by atoms with van der Waals surface area (Å²) in [5, 5.41) is 7.98. The van der Waals surface area contributed by atoms with Gasteiger partial charge in [0.1, 0.15) is 0 Å². The second-order valence-electron chi connectivity index (χ2n) is 6.87. The Hall–Kier alpha value is -1.57. The van der Waals surface area contributed by atoms with E-state index in [1.165, 1.54) is 37.7 Å². The van der Waals surface area contributed by atoms with E-state index in [9.17, 15) is 0 Å². The number of aryl methyl sites for hydroxylation is 2. The number of nitrogens with one attached hydrogen (secondary N) is 1. The number of guanidine groups is 1. The molecule has 0 saturated heterocycles. The lowest BCUT2D eigenvalue weighted by Gasteiger charge is -2.23. The number of aliphatic imine (C=N–C) groups is 1. The molecule has 0 spiro atoms. The Morgan fingerprint density at radius 3 is 2.69 bits per heavy atom. The van der Waals surface area contributed by atoms with Crippen LogP contribution in [0.25, 0.3) is 5.69 Å². The Kier molecular flexibility index (Phi) is 8.41. The second-order valence-corrected chi connectivity index (χ2v) is 6.87. The number of para-hydroxylation sites is 1. The molecule has 1 aliphatic rings. The molecule has 1 saturated carbocycles. The number of nitrogens with two attached hydrogens (primary N) is 1. The minimum Gasteiger partial charge on any atom is -0.370 e. The van der Waals surface area contributed by atoms with Crippen molar-refractivity contribution >= 4 is 29.9 Å². The summed E-state index contributed by atoms with van der Waals surface area (Å²) in [6, 6.07) is 10.7. The van der Waals surface area contributed by atoms with Crippen molar-refractivity contribution in [3.05, 3.63) is 47.8 Å². The van der Waals surface area contributed by atoms with Crippen molar-refractivity contribution in [3.8, 4) is 5.69 Å². The van der Waals surface area contributed by atoms with Gasteiger partial charge in [0.15, 0.2) is 5.96 Å².